The lowest BCUT2D eigenvalue weighted by molar-refractivity contribution is -0.561. The van der Waals surface area contributed by atoms with Gasteiger partial charge < -0.3 is 4.74 Å². The van der Waals surface area contributed by atoms with Gasteiger partial charge in [-0.05, 0) is 0 Å². The quantitative estimate of drug-likeness (QED) is 0.359. The van der Waals surface area contributed by atoms with E-state index in [1.54, 1.807) is 0 Å². The molecule has 1 aliphatic rings. The molecule has 0 aliphatic carbocycles. The van der Waals surface area contributed by atoms with Crippen LogP contribution in [-0.4, -0.2) is 68.1 Å². The lowest BCUT2D eigenvalue weighted by atomic mass is 10.3. The molecule has 26 heavy (non-hydrogen) atoms. The number of hydrogen-bond acceptors (Lipinski definition) is 4. The Bertz CT molecular complexity index is 478. The fraction of sp³-hybridized carbons (Fsp3) is 1.00. The van der Waals surface area contributed by atoms with Crippen molar-refractivity contribution in [2.45, 2.75) is 36.9 Å². The molecule has 0 aromatic heterocycles. The number of alkyl halides is 12. The van der Waals surface area contributed by atoms with Gasteiger partial charge in [0.2, 0.25) is 0 Å². The third kappa shape index (κ3) is 4.64. The van der Waals surface area contributed by atoms with E-state index in [2.05, 4.69) is 9.47 Å². The summed E-state index contributed by atoms with van der Waals surface area (Å²) in [5.41, 5.74) is 0. The second kappa shape index (κ2) is 7.20. The topological polar surface area (TPSA) is 30.9 Å². The molecule has 0 aromatic rings. The average molecular weight is 419 g/mol. The van der Waals surface area contributed by atoms with Crippen molar-refractivity contribution in [2.75, 3.05) is 26.3 Å². The minimum absolute atomic E-state index is 0.474. The van der Waals surface area contributed by atoms with Crippen LogP contribution >= 0.6 is 0 Å². The standard InChI is InChI=1S/C10H9F12NO3/c11-5(12)6(13,14)25-10(22,7(15,16)17)26-9(20,21)8(18,19)23-1-3-24-4-2-23/h5H,1-4H2. The van der Waals surface area contributed by atoms with Crippen LogP contribution in [0.4, 0.5) is 52.7 Å². The fourth-order valence-electron chi connectivity index (χ4n) is 1.61. The van der Waals surface area contributed by atoms with Crippen LogP contribution in [0.3, 0.4) is 0 Å². The second-order valence-electron chi connectivity index (χ2n) is 4.76. The number of morpholine rings is 1. The van der Waals surface area contributed by atoms with Gasteiger partial charge in [-0.25, -0.2) is 23.2 Å². The number of hydrogen-bond donors (Lipinski definition) is 0. The molecule has 1 aliphatic heterocycles. The molecule has 4 nitrogen and oxygen atoms in total. The van der Waals surface area contributed by atoms with Gasteiger partial charge in [0.05, 0.1) is 13.2 Å². The maximum absolute atomic E-state index is 13.7. The van der Waals surface area contributed by atoms with E-state index in [0.29, 0.717) is 0 Å². The van der Waals surface area contributed by atoms with Gasteiger partial charge in [-0.2, -0.15) is 43.9 Å². The molecule has 0 radical (unpaired) electrons. The Balaban J connectivity index is 3.16. The number of halogens is 12. The summed E-state index contributed by atoms with van der Waals surface area (Å²) in [7, 11) is 0. The molecule has 1 heterocycles. The van der Waals surface area contributed by atoms with E-state index in [9.17, 15) is 52.7 Å². The van der Waals surface area contributed by atoms with Crippen LogP contribution < -0.4 is 0 Å². The predicted molar refractivity (Wildman–Crippen MR) is 55.3 cm³/mol. The summed E-state index contributed by atoms with van der Waals surface area (Å²) in [6.45, 7) is -3.06. The van der Waals surface area contributed by atoms with Crippen molar-refractivity contribution in [1.82, 2.24) is 4.90 Å². The van der Waals surface area contributed by atoms with Gasteiger partial charge in [-0.1, -0.05) is 0 Å². The van der Waals surface area contributed by atoms with Gasteiger partial charge in [-0.3, -0.25) is 0 Å². The normalized spacial score (nSPS) is 21.1. The molecule has 0 amide bonds. The molecule has 156 valence electrons. The van der Waals surface area contributed by atoms with E-state index >= 15 is 0 Å². The molecule has 1 saturated heterocycles. The van der Waals surface area contributed by atoms with Gasteiger partial charge >= 0.3 is 36.9 Å². The Morgan fingerprint density at radius 1 is 0.769 bits per heavy atom. The van der Waals surface area contributed by atoms with Gasteiger partial charge in [0, 0.05) is 13.1 Å². The number of ether oxygens (including phenoxy) is 3. The summed E-state index contributed by atoms with van der Waals surface area (Å²) in [5, 5.41) is 0. The monoisotopic (exact) mass is 419 g/mol. The first-order valence-electron chi connectivity index (χ1n) is 6.36. The zero-order valence-electron chi connectivity index (χ0n) is 12.1. The predicted octanol–water partition coefficient (Wildman–Crippen LogP) is 3.58. The molecule has 0 bridgehead atoms. The summed E-state index contributed by atoms with van der Waals surface area (Å²) >= 11 is 0. The van der Waals surface area contributed by atoms with E-state index in [4.69, 9.17) is 0 Å². The second-order valence-corrected chi connectivity index (χ2v) is 4.76. The molecular formula is C10H9F12NO3. The van der Waals surface area contributed by atoms with E-state index < -0.39 is 68.1 Å². The van der Waals surface area contributed by atoms with Crippen LogP contribution in [-0.2, 0) is 14.2 Å². The molecule has 0 spiro atoms. The summed E-state index contributed by atoms with van der Waals surface area (Å²) in [6.07, 6.45) is -24.8. The van der Waals surface area contributed by atoms with Crippen LogP contribution in [0.5, 0.6) is 0 Å². The maximum atomic E-state index is 13.7. The zero-order valence-corrected chi connectivity index (χ0v) is 12.1. The fourth-order valence-corrected chi connectivity index (χ4v) is 1.61. The molecule has 0 aromatic carbocycles. The van der Waals surface area contributed by atoms with Crippen LogP contribution in [0.2, 0.25) is 0 Å². The first-order valence-corrected chi connectivity index (χ1v) is 6.36. The van der Waals surface area contributed by atoms with Crippen LogP contribution in [0, 0.1) is 0 Å². The maximum Gasteiger partial charge on any atom is 0.478 e. The van der Waals surface area contributed by atoms with E-state index in [0.717, 1.165) is 0 Å². The van der Waals surface area contributed by atoms with E-state index in [-0.39, 0.29) is 0 Å². The van der Waals surface area contributed by atoms with E-state index in [1.165, 1.54) is 0 Å². The number of nitrogens with zero attached hydrogens (tertiary/aromatic N) is 1. The summed E-state index contributed by atoms with van der Waals surface area (Å²) in [6, 6.07) is -12.3. The number of rotatable bonds is 7. The molecule has 0 N–H and O–H groups in total. The molecule has 1 rings (SSSR count). The van der Waals surface area contributed by atoms with Crippen LogP contribution in [0.15, 0.2) is 0 Å². The molecule has 0 saturated carbocycles. The van der Waals surface area contributed by atoms with Gasteiger partial charge in [0.15, 0.2) is 0 Å². The highest BCUT2D eigenvalue weighted by Crippen LogP contribution is 2.48. The highest BCUT2D eigenvalue weighted by atomic mass is 19.4. The van der Waals surface area contributed by atoms with Gasteiger partial charge in [-0.15, -0.1) is 0 Å². The Hall–Kier alpha value is -1.00. The van der Waals surface area contributed by atoms with Gasteiger partial charge in [0.1, 0.15) is 0 Å². The average Bonchev–Trinajstić information content (AvgIpc) is 2.45. The van der Waals surface area contributed by atoms with Crippen molar-refractivity contribution in [3.8, 4) is 0 Å². The van der Waals surface area contributed by atoms with E-state index in [1.807, 2.05) is 4.74 Å². The zero-order chi connectivity index (χ0) is 20.6. The molecule has 1 unspecified atom stereocenters. The molecule has 1 fully saturated rings. The smallest absolute Gasteiger partial charge is 0.379 e. The van der Waals surface area contributed by atoms with Gasteiger partial charge in [0.25, 0.3) is 0 Å². The molecule has 16 heteroatoms. The Kier molecular flexibility index (Phi) is 6.38. The van der Waals surface area contributed by atoms with Crippen molar-refractivity contribution < 1.29 is 66.9 Å². The largest absolute Gasteiger partial charge is 0.478 e. The summed E-state index contributed by atoms with van der Waals surface area (Å²) < 4.78 is 163. The Morgan fingerprint density at radius 2 is 1.23 bits per heavy atom. The van der Waals surface area contributed by atoms with Crippen molar-refractivity contribution in [2.24, 2.45) is 0 Å². The first kappa shape index (κ1) is 23.0. The van der Waals surface area contributed by atoms with Crippen molar-refractivity contribution in [1.29, 1.82) is 0 Å². The lowest BCUT2D eigenvalue weighted by Gasteiger charge is -2.40. The van der Waals surface area contributed by atoms with Crippen molar-refractivity contribution in [3.05, 3.63) is 0 Å². The Morgan fingerprint density at radius 3 is 1.62 bits per heavy atom. The Labute approximate surface area is 136 Å². The SMILES string of the molecule is FC(F)C(F)(F)OC(F)(OC(F)(F)C(F)(F)N1CCOCC1)C(F)(F)F. The minimum atomic E-state index is -6.96. The molecular weight excluding hydrogens is 410 g/mol. The highest BCUT2D eigenvalue weighted by molar-refractivity contribution is 4.83. The lowest BCUT2D eigenvalue weighted by Crippen LogP contribution is -2.63. The summed E-state index contributed by atoms with van der Waals surface area (Å²) in [4.78, 5) is -0.474. The summed E-state index contributed by atoms with van der Waals surface area (Å²) in [5.74, 6) is 0. The molecule has 1 atom stereocenters. The minimum Gasteiger partial charge on any atom is -0.379 e. The first-order chi connectivity index (χ1) is 11.5. The highest BCUT2D eigenvalue weighted by Gasteiger charge is 2.74. The van der Waals surface area contributed by atoms with Crippen LogP contribution in [0.25, 0.3) is 0 Å². The van der Waals surface area contributed by atoms with Crippen LogP contribution in [0.1, 0.15) is 0 Å². The van der Waals surface area contributed by atoms with Crippen molar-refractivity contribution >= 4 is 0 Å². The third-order valence-corrected chi connectivity index (χ3v) is 2.88. The third-order valence-electron chi connectivity index (χ3n) is 2.88. The van der Waals surface area contributed by atoms with Crippen molar-refractivity contribution in [3.63, 3.8) is 0 Å².